The molecule has 0 aromatic heterocycles. The van der Waals surface area contributed by atoms with Crippen LogP contribution in [-0.2, 0) is 0 Å². The highest BCUT2D eigenvalue weighted by molar-refractivity contribution is 9.10. The molecule has 2 fully saturated rings. The molecule has 2 saturated heterocycles. The number of benzene rings is 1. The van der Waals surface area contributed by atoms with Crippen molar-refractivity contribution in [3.63, 3.8) is 0 Å². The normalized spacial score (nSPS) is 25.6. The van der Waals surface area contributed by atoms with E-state index in [1.165, 1.54) is 25.5 Å². The molecule has 2 aliphatic heterocycles. The fourth-order valence-corrected chi connectivity index (χ4v) is 3.88. The lowest BCUT2D eigenvalue weighted by Gasteiger charge is -2.41. The van der Waals surface area contributed by atoms with Crippen LogP contribution in [0.25, 0.3) is 0 Å². The summed E-state index contributed by atoms with van der Waals surface area (Å²) in [7, 11) is 0. The van der Waals surface area contributed by atoms with Crippen molar-refractivity contribution >= 4 is 15.9 Å². The van der Waals surface area contributed by atoms with E-state index < -0.39 is 0 Å². The molecule has 2 heterocycles. The number of piperazine rings is 1. The number of rotatable bonds is 3. The molecule has 0 saturated carbocycles. The smallest absolute Gasteiger partial charge is 0.129 e. The average molecular weight is 342 g/mol. The van der Waals surface area contributed by atoms with E-state index in [0.29, 0.717) is 12.6 Å². The van der Waals surface area contributed by atoms with Gasteiger partial charge in [-0.3, -0.25) is 9.80 Å². The van der Waals surface area contributed by atoms with Gasteiger partial charge in [0.05, 0.1) is 6.04 Å². The second-order valence-electron chi connectivity index (χ2n) is 5.74. The molecule has 20 heavy (non-hydrogen) atoms. The van der Waals surface area contributed by atoms with Crippen molar-refractivity contribution in [3.8, 4) is 0 Å². The van der Waals surface area contributed by atoms with E-state index >= 15 is 0 Å². The number of nitrogens with two attached hydrogens (primary N) is 1. The summed E-state index contributed by atoms with van der Waals surface area (Å²) in [6.07, 6.45) is 2.55. The van der Waals surface area contributed by atoms with Gasteiger partial charge in [-0.1, -0.05) is 22.0 Å². The molecule has 110 valence electrons. The summed E-state index contributed by atoms with van der Waals surface area (Å²) in [6.45, 7) is 4.76. The minimum absolute atomic E-state index is 0.00847. The van der Waals surface area contributed by atoms with Crippen molar-refractivity contribution in [2.24, 2.45) is 5.73 Å². The second kappa shape index (κ2) is 6.10. The Bertz CT molecular complexity index is 482. The molecule has 2 N–H and O–H groups in total. The number of hydrogen-bond donors (Lipinski definition) is 1. The molecule has 3 nitrogen and oxygen atoms in total. The molecule has 0 bridgehead atoms. The summed E-state index contributed by atoms with van der Waals surface area (Å²) >= 11 is 3.31. The third-order valence-electron chi connectivity index (χ3n) is 4.60. The lowest BCUT2D eigenvalue weighted by atomic mass is 10.0. The Labute approximate surface area is 128 Å². The Morgan fingerprint density at radius 2 is 2.20 bits per heavy atom. The van der Waals surface area contributed by atoms with Crippen LogP contribution in [-0.4, -0.2) is 48.6 Å². The molecule has 3 rings (SSSR count). The number of nitrogens with zero attached hydrogens (tertiary/aromatic N) is 2. The monoisotopic (exact) mass is 341 g/mol. The zero-order valence-corrected chi connectivity index (χ0v) is 13.2. The SMILES string of the molecule is NCC(c1ccc(Br)cc1F)N1CCN2CCCC2C1. The van der Waals surface area contributed by atoms with Crippen LogP contribution in [0.4, 0.5) is 4.39 Å². The molecule has 1 aromatic rings. The zero-order valence-electron chi connectivity index (χ0n) is 11.6. The third kappa shape index (κ3) is 2.77. The minimum atomic E-state index is -0.163. The molecule has 5 heteroatoms. The first-order valence-electron chi connectivity index (χ1n) is 7.32. The average Bonchev–Trinajstić information content (AvgIpc) is 2.89. The molecule has 2 atom stereocenters. The van der Waals surface area contributed by atoms with Crippen molar-refractivity contribution in [1.29, 1.82) is 0 Å². The van der Waals surface area contributed by atoms with E-state index in [-0.39, 0.29) is 11.9 Å². The maximum Gasteiger partial charge on any atom is 0.129 e. The summed E-state index contributed by atoms with van der Waals surface area (Å²) in [5, 5.41) is 0. The Balaban J connectivity index is 1.79. The molecule has 2 aliphatic rings. The Morgan fingerprint density at radius 1 is 1.35 bits per heavy atom. The number of fused-ring (bicyclic) bond motifs is 1. The molecule has 0 spiro atoms. The van der Waals surface area contributed by atoms with E-state index in [9.17, 15) is 4.39 Å². The van der Waals surface area contributed by atoms with Gasteiger partial charge in [0, 0.05) is 42.3 Å². The zero-order chi connectivity index (χ0) is 14.1. The van der Waals surface area contributed by atoms with Crippen molar-refractivity contribution in [2.45, 2.75) is 24.9 Å². The van der Waals surface area contributed by atoms with Gasteiger partial charge >= 0.3 is 0 Å². The minimum Gasteiger partial charge on any atom is -0.329 e. The Hall–Kier alpha value is -0.490. The topological polar surface area (TPSA) is 32.5 Å². The predicted octanol–water partition coefficient (Wildman–Crippen LogP) is 2.37. The molecular weight excluding hydrogens is 321 g/mol. The van der Waals surface area contributed by atoms with Crippen LogP contribution in [0.1, 0.15) is 24.4 Å². The summed E-state index contributed by atoms with van der Waals surface area (Å²) < 4.78 is 15.0. The first kappa shape index (κ1) is 14.4. The predicted molar refractivity (Wildman–Crippen MR) is 82.1 cm³/mol. The van der Waals surface area contributed by atoms with Gasteiger partial charge in [-0.15, -0.1) is 0 Å². The van der Waals surface area contributed by atoms with E-state index in [1.54, 1.807) is 0 Å². The fourth-order valence-electron chi connectivity index (χ4n) is 3.54. The van der Waals surface area contributed by atoms with Crippen molar-refractivity contribution in [1.82, 2.24) is 9.80 Å². The molecule has 1 aromatic carbocycles. The van der Waals surface area contributed by atoms with Gasteiger partial charge in [0.1, 0.15) is 5.82 Å². The van der Waals surface area contributed by atoms with Crippen LogP contribution in [0, 0.1) is 5.82 Å². The molecule has 0 aliphatic carbocycles. The Morgan fingerprint density at radius 3 is 2.95 bits per heavy atom. The van der Waals surface area contributed by atoms with Crippen LogP contribution in [0.15, 0.2) is 22.7 Å². The van der Waals surface area contributed by atoms with Crippen LogP contribution in [0.2, 0.25) is 0 Å². The quantitative estimate of drug-likeness (QED) is 0.915. The van der Waals surface area contributed by atoms with Gasteiger partial charge in [0.25, 0.3) is 0 Å². The lowest BCUT2D eigenvalue weighted by molar-refractivity contribution is 0.0725. The number of halogens is 2. The van der Waals surface area contributed by atoms with Crippen LogP contribution >= 0.6 is 15.9 Å². The van der Waals surface area contributed by atoms with Crippen LogP contribution in [0.3, 0.4) is 0 Å². The van der Waals surface area contributed by atoms with E-state index in [1.807, 2.05) is 12.1 Å². The largest absolute Gasteiger partial charge is 0.329 e. The van der Waals surface area contributed by atoms with Gasteiger partial charge in [-0.25, -0.2) is 4.39 Å². The van der Waals surface area contributed by atoms with E-state index in [0.717, 1.165) is 29.7 Å². The van der Waals surface area contributed by atoms with Crippen molar-refractivity contribution in [3.05, 3.63) is 34.1 Å². The van der Waals surface area contributed by atoms with Crippen LogP contribution < -0.4 is 5.73 Å². The fraction of sp³-hybridized carbons (Fsp3) is 0.600. The summed E-state index contributed by atoms with van der Waals surface area (Å²) in [4.78, 5) is 4.92. The molecular formula is C15H21BrFN3. The summed E-state index contributed by atoms with van der Waals surface area (Å²) in [5.41, 5.74) is 6.67. The maximum absolute atomic E-state index is 14.2. The van der Waals surface area contributed by atoms with Crippen molar-refractivity contribution in [2.75, 3.05) is 32.7 Å². The van der Waals surface area contributed by atoms with Gasteiger partial charge in [0.2, 0.25) is 0 Å². The van der Waals surface area contributed by atoms with Crippen molar-refractivity contribution < 1.29 is 4.39 Å². The van der Waals surface area contributed by atoms with Crippen LogP contribution in [0.5, 0.6) is 0 Å². The molecule has 0 radical (unpaired) electrons. The first-order valence-corrected chi connectivity index (χ1v) is 8.11. The standard InChI is InChI=1S/C15H21BrFN3/c16-11-3-4-13(14(17)8-11)15(9-18)20-7-6-19-5-1-2-12(19)10-20/h3-4,8,12,15H,1-2,5-7,9-10,18H2. The molecule has 0 amide bonds. The Kier molecular flexibility index (Phi) is 4.40. The first-order chi connectivity index (χ1) is 9.69. The lowest BCUT2D eigenvalue weighted by Crippen LogP contribution is -2.52. The summed E-state index contributed by atoms with van der Waals surface area (Å²) in [6, 6.07) is 5.91. The van der Waals surface area contributed by atoms with Gasteiger partial charge < -0.3 is 5.73 Å². The molecule has 2 unspecified atom stereocenters. The van der Waals surface area contributed by atoms with Gasteiger partial charge in [0.15, 0.2) is 0 Å². The van der Waals surface area contributed by atoms with Gasteiger partial charge in [-0.05, 0) is 31.5 Å². The van der Waals surface area contributed by atoms with E-state index in [4.69, 9.17) is 5.73 Å². The highest BCUT2D eigenvalue weighted by Gasteiger charge is 2.34. The van der Waals surface area contributed by atoms with Gasteiger partial charge in [-0.2, -0.15) is 0 Å². The highest BCUT2D eigenvalue weighted by atomic mass is 79.9. The maximum atomic E-state index is 14.2. The third-order valence-corrected chi connectivity index (χ3v) is 5.10. The second-order valence-corrected chi connectivity index (χ2v) is 6.66. The van der Waals surface area contributed by atoms with E-state index in [2.05, 4.69) is 25.7 Å². The number of hydrogen-bond acceptors (Lipinski definition) is 3. The highest BCUT2D eigenvalue weighted by Crippen LogP contribution is 2.29. The summed E-state index contributed by atoms with van der Waals surface area (Å²) in [5.74, 6) is -0.163.